The molecule has 7 nitrogen and oxygen atoms in total. The van der Waals surface area contributed by atoms with E-state index in [2.05, 4.69) is 9.05 Å². The fraction of sp³-hybridized carbons (Fsp3) is 1.00. The van der Waals surface area contributed by atoms with Crippen LogP contribution in [0.4, 0.5) is 0 Å². The summed E-state index contributed by atoms with van der Waals surface area (Å²) in [5.74, 6) is 0. The van der Waals surface area contributed by atoms with Gasteiger partial charge in [-0.1, -0.05) is 0 Å². The van der Waals surface area contributed by atoms with E-state index in [1.807, 2.05) is 0 Å². The van der Waals surface area contributed by atoms with Crippen LogP contribution in [0.3, 0.4) is 0 Å². The first-order chi connectivity index (χ1) is 4.12. The van der Waals surface area contributed by atoms with Gasteiger partial charge in [0.1, 0.15) is 0 Å². The molecule has 0 saturated carbocycles. The van der Waals surface area contributed by atoms with Crippen molar-refractivity contribution in [2.45, 2.75) is 13.8 Å². The molecule has 0 spiro atoms. The molecule has 0 fully saturated rings. The summed E-state index contributed by atoms with van der Waals surface area (Å²) in [5.41, 5.74) is 0. The van der Waals surface area contributed by atoms with E-state index in [4.69, 9.17) is 9.79 Å². The van der Waals surface area contributed by atoms with E-state index < -0.39 is 8.17 Å². The van der Waals surface area contributed by atoms with Gasteiger partial charge in [-0.25, -0.2) is 0 Å². The van der Waals surface area contributed by atoms with Crippen LogP contribution in [0.5, 0.6) is 0 Å². The Bertz CT molecular complexity index is 82.8. The minimum Gasteiger partial charge on any atom is -0.412 e. The third kappa shape index (κ3) is 36.0. The molecule has 0 rings (SSSR count). The molecular formula is C4H18Ag4O7P+. The summed E-state index contributed by atoms with van der Waals surface area (Å²) in [6.45, 7) is 3.84. The van der Waals surface area contributed by atoms with Crippen LogP contribution < -0.4 is 0 Å². The van der Waals surface area contributed by atoms with E-state index in [0.717, 1.165) is 0 Å². The molecule has 0 aromatic rings. The van der Waals surface area contributed by atoms with Gasteiger partial charge >= 0.3 is 8.17 Å². The van der Waals surface area contributed by atoms with Crippen LogP contribution >= 0.6 is 8.17 Å². The topological polar surface area (TPSA) is 153 Å². The van der Waals surface area contributed by atoms with E-state index in [1.54, 1.807) is 13.8 Å². The van der Waals surface area contributed by atoms with Crippen LogP contribution in [0.2, 0.25) is 0 Å². The maximum atomic E-state index is 8.74. The molecule has 124 valence electrons. The molecule has 0 aliphatic carbocycles. The van der Waals surface area contributed by atoms with Crippen molar-refractivity contribution < 1.29 is 125 Å². The molecule has 0 aromatic carbocycles. The van der Waals surface area contributed by atoms with E-state index in [1.165, 1.54) is 0 Å². The average Bonchev–Trinajstić information content (AvgIpc) is 1.64. The molecule has 0 amide bonds. The quantitative estimate of drug-likeness (QED) is 0.276. The second kappa shape index (κ2) is 30.8. The molecule has 16 heavy (non-hydrogen) atoms. The van der Waals surface area contributed by atoms with Crippen molar-refractivity contribution in [2.75, 3.05) is 13.2 Å². The number of hydrogen-bond acceptors (Lipinski definition) is 4. The summed E-state index contributed by atoms with van der Waals surface area (Å²) in [7, 11) is -3.44. The Kier molecular flexibility index (Phi) is 97.9. The van der Waals surface area contributed by atoms with Gasteiger partial charge in [0.05, 0.1) is 13.2 Å². The molecule has 8 N–H and O–H groups in total. The van der Waals surface area contributed by atoms with Crippen molar-refractivity contribution in [3.8, 4) is 0 Å². The van der Waals surface area contributed by atoms with Gasteiger partial charge in [-0.3, -0.25) is 0 Å². The van der Waals surface area contributed by atoms with Gasteiger partial charge in [0.25, 0.3) is 0 Å². The van der Waals surface area contributed by atoms with Crippen LogP contribution in [0.25, 0.3) is 0 Å². The normalized spacial score (nSPS) is 6.75. The summed E-state index contributed by atoms with van der Waals surface area (Å²) in [5, 5.41) is 0. The fourth-order valence-corrected chi connectivity index (χ4v) is 1.12. The Morgan fingerprint density at radius 1 is 0.750 bits per heavy atom. The molecule has 0 saturated heterocycles. The van der Waals surface area contributed by atoms with Crippen molar-refractivity contribution >= 4 is 8.17 Å². The van der Waals surface area contributed by atoms with Gasteiger partial charge < -0.3 is 16.4 Å². The molecule has 0 aliphatic heterocycles. The standard InChI is InChI=1S/C4H12O4P.4Ag.3H2O/c1-3-7-9(5,6)8-4-2;;;;;;;/h5-6H,3-4H2,1-2H3;;;;;3*1H2/q+1;;;;;;;. The Balaban J connectivity index is -0.0000000152. The van der Waals surface area contributed by atoms with E-state index in [0.29, 0.717) is 0 Å². The molecule has 0 heterocycles. The first-order valence-corrected chi connectivity index (χ1v) is 4.29. The third-order valence-electron chi connectivity index (χ3n) is 0.595. The molecule has 0 unspecified atom stereocenters. The number of hydrogen-bond donors (Lipinski definition) is 2. The van der Waals surface area contributed by atoms with Crippen LogP contribution in [0, 0.1) is 0 Å². The van der Waals surface area contributed by atoms with Gasteiger partial charge in [-0.15, -0.1) is 0 Å². The van der Waals surface area contributed by atoms with Crippen molar-refractivity contribution in [1.82, 2.24) is 0 Å². The molecule has 0 bridgehead atoms. The maximum absolute atomic E-state index is 8.74. The van der Waals surface area contributed by atoms with Crippen molar-refractivity contribution in [3.63, 3.8) is 0 Å². The SMILES string of the molecule is CCO[P+](O)(O)OCC.O.O.O.[Ag].[Ag].[Ag].[Ag]. The Hall–Kier alpha value is 3.11. The number of rotatable bonds is 4. The van der Waals surface area contributed by atoms with E-state index >= 15 is 0 Å². The minimum atomic E-state index is -3.44. The Morgan fingerprint density at radius 2 is 0.938 bits per heavy atom. The minimum absolute atomic E-state index is 0. The summed E-state index contributed by atoms with van der Waals surface area (Å²) in [6, 6.07) is 0. The van der Waals surface area contributed by atoms with Crippen LogP contribution in [-0.4, -0.2) is 39.4 Å². The molecular weight excluding hydrogens is 622 g/mol. The zero-order chi connectivity index (χ0) is 7.33. The first-order valence-electron chi connectivity index (χ1n) is 2.76. The smallest absolute Gasteiger partial charge is 0.412 e. The van der Waals surface area contributed by atoms with E-state index in [9.17, 15) is 0 Å². The van der Waals surface area contributed by atoms with Gasteiger partial charge in [0.15, 0.2) is 0 Å². The Morgan fingerprint density at radius 3 is 1.06 bits per heavy atom. The van der Waals surface area contributed by atoms with Crippen molar-refractivity contribution in [3.05, 3.63) is 0 Å². The summed E-state index contributed by atoms with van der Waals surface area (Å²) >= 11 is 0. The Labute approximate surface area is 158 Å². The average molecular weight is 641 g/mol. The van der Waals surface area contributed by atoms with Crippen LogP contribution in [-0.2, 0) is 98.6 Å². The second-order valence-corrected chi connectivity index (χ2v) is 2.82. The summed E-state index contributed by atoms with van der Waals surface area (Å²) < 4.78 is 8.94. The summed E-state index contributed by atoms with van der Waals surface area (Å²) in [6.07, 6.45) is 0. The monoisotopic (exact) mass is 637 g/mol. The van der Waals surface area contributed by atoms with Gasteiger partial charge in [0.2, 0.25) is 0 Å². The molecule has 12 heteroatoms. The first kappa shape index (κ1) is 50.8. The molecule has 0 atom stereocenters. The van der Waals surface area contributed by atoms with Crippen molar-refractivity contribution in [1.29, 1.82) is 0 Å². The third-order valence-corrected chi connectivity index (χ3v) is 1.78. The fourth-order valence-electron chi connectivity index (χ4n) is 0.374. The molecule has 4 radical (unpaired) electrons. The predicted molar refractivity (Wildman–Crippen MR) is 45.5 cm³/mol. The zero-order valence-corrected chi connectivity index (χ0v) is 15.1. The van der Waals surface area contributed by atoms with Gasteiger partial charge in [-0.05, 0) is 13.8 Å². The van der Waals surface area contributed by atoms with Gasteiger partial charge in [-0.2, -0.15) is 18.8 Å². The molecule has 0 aromatic heterocycles. The van der Waals surface area contributed by atoms with Crippen molar-refractivity contribution in [2.24, 2.45) is 0 Å². The van der Waals surface area contributed by atoms with E-state index in [-0.39, 0.29) is 119 Å². The van der Waals surface area contributed by atoms with Crippen LogP contribution in [0.15, 0.2) is 0 Å². The van der Waals surface area contributed by atoms with Gasteiger partial charge in [0, 0.05) is 89.5 Å². The maximum Gasteiger partial charge on any atom is 0.569 e. The predicted octanol–water partition coefficient (Wildman–Crippen LogP) is -1.76. The largest absolute Gasteiger partial charge is 0.569 e. The van der Waals surface area contributed by atoms with Crippen LogP contribution in [0.1, 0.15) is 13.8 Å². The summed E-state index contributed by atoms with van der Waals surface area (Å²) in [4.78, 5) is 17.5. The molecule has 0 aliphatic rings. The second-order valence-electron chi connectivity index (χ2n) is 1.33. The zero-order valence-electron chi connectivity index (χ0n) is 8.28.